The molecule has 9 heteroatoms. The standard InChI is InChI=1S/C13H14Cl2N2O4S/c1-8(2)7-17-22(19,20)12-5-9(10(14)6-11(12)15)13(18)21-4-3-16/h5-6,8,17H,4,7H2,1-2H3. The molecule has 120 valence electrons. The summed E-state index contributed by atoms with van der Waals surface area (Å²) in [5.74, 6) is -0.801. The van der Waals surface area contributed by atoms with Crippen molar-refractivity contribution in [2.75, 3.05) is 13.2 Å². The van der Waals surface area contributed by atoms with Crippen LogP contribution in [0.15, 0.2) is 17.0 Å². The summed E-state index contributed by atoms with van der Waals surface area (Å²) in [6, 6.07) is 3.82. The van der Waals surface area contributed by atoms with E-state index in [1.807, 2.05) is 13.8 Å². The van der Waals surface area contributed by atoms with Gasteiger partial charge in [0.1, 0.15) is 11.0 Å². The zero-order chi connectivity index (χ0) is 16.9. The first kappa shape index (κ1) is 18.7. The van der Waals surface area contributed by atoms with E-state index < -0.39 is 22.6 Å². The lowest BCUT2D eigenvalue weighted by molar-refractivity contribution is 0.0555. The summed E-state index contributed by atoms with van der Waals surface area (Å²) >= 11 is 11.8. The molecule has 0 aliphatic heterocycles. The summed E-state index contributed by atoms with van der Waals surface area (Å²) in [5, 5.41) is 8.22. The fourth-order valence-electron chi connectivity index (χ4n) is 1.42. The molecule has 0 bridgehead atoms. The van der Waals surface area contributed by atoms with E-state index in [0.717, 1.165) is 12.1 Å². The normalized spacial score (nSPS) is 11.3. The van der Waals surface area contributed by atoms with Gasteiger partial charge in [-0.1, -0.05) is 37.0 Å². The maximum atomic E-state index is 12.2. The molecule has 0 fully saturated rings. The number of nitrogens with zero attached hydrogens (tertiary/aromatic N) is 1. The van der Waals surface area contributed by atoms with Crippen LogP contribution in [0.3, 0.4) is 0 Å². The van der Waals surface area contributed by atoms with Crippen LogP contribution in [0.5, 0.6) is 0 Å². The lowest BCUT2D eigenvalue weighted by Gasteiger charge is -2.12. The first-order valence-corrected chi connectivity index (χ1v) is 8.45. The molecule has 1 aromatic carbocycles. The quantitative estimate of drug-likeness (QED) is 0.782. The third-order valence-corrected chi connectivity index (χ3v) is 4.68. The van der Waals surface area contributed by atoms with Crippen molar-refractivity contribution in [1.29, 1.82) is 5.26 Å². The van der Waals surface area contributed by atoms with Crippen LogP contribution < -0.4 is 4.72 Å². The van der Waals surface area contributed by atoms with Gasteiger partial charge in [-0.25, -0.2) is 17.9 Å². The minimum Gasteiger partial charge on any atom is -0.447 e. The van der Waals surface area contributed by atoms with E-state index in [1.165, 1.54) is 0 Å². The van der Waals surface area contributed by atoms with Gasteiger partial charge in [0.25, 0.3) is 0 Å². The van der Waals surface area contributed by atoms with Crippen molar-refractivity contribution in [3.63, 3.8) is 0 Å². The van der Waals surface area contributed by atoms with Crippen molar-refractivity contribution < 1.29 is 17.9 Å². The Morgan fingerprint density at radius 1 is 1.36 bits per heavy atom. The lowest BCUT2D eigenvalue weighted by Crippen LogP contribution is -2.28. The predicted molar refractivity (Wildman–Crippen MR) is 82.4 cm³/mol. The fraction of sp³-hybridized carbons (Fsp3) is 0.385. The summed E-state index contributed by atoms with van der Waals surface area (Å²) in [6.07, 6.45) is 0. The molecule has 0 aromatic heterocycles. The molecule has 1 aromatic rings. The second-order valence-corrected chi connectivity index (χ2v) is 7.29. The van der Waals surface area contributed by atoms with Crippen LogP contribution >= 0.6 is 23.2 Å². The van der Waals surface area contributed by atoms with Crippen molar-refractivity contribution in [2.24, 2.45) is 5.92 Å². The fourth-order valence-corrected chi connectivity index (χ4v) is 3.48. The lowest BCUT2D eigenvalue weighted by atomic mass is 10.2. The number of carbonyl (C=O) groups excluding carboxylic acids is 1. The topological polar surface area (TPSA) is 96.3 Å². The van der Waals surface area contributed by atoms with E-state index in [-0.39, 0.29) is 33.0 Å². The summed E-state index contributed by atoms with van der Waals surface area (Å²) < 4.78 is 31.4. The number of nitriles is 1. The number of benzene rings is 1. The van der Waals surface area contributed by atoms with Crippen molar-refractivity contribution in [3.8, 4) is 6.07 Å². The molecule has 6 nitrogen and oxygen atoms in total. The highest BCUT2D eigenvalue weighted by molar-refractivity contribution is 7.89. The zero-order valence-corrected chi connectivity index (χ0v) is 14.2. The van der Waals surface area contributed by atoms with Gasteiger partial charge in [0.05, 0.1) is 15.6 Å². The number of sulfonamides is 1. The van der Waals surface area contributed by atoms with E-state index in [9.17, 15) is 13.2 Å². The van der Waals surface area contributed by atoms with Crippen molar-refractivity contribution in [1.82, 2.24) is 4.72 Å². The monoisotopic (exact) mass is 364 g/mol. The van der Waals surface area contributed by atoms with Crippen LogP contribution in [0.1, 0.15) is 24.2 Å². The minimum absolute atomic E-state index is 0.0595. The Hall–Kier alpha value is -1.33. The SMILES string of the molecule is CC(C)CNS(=O)(=O)c1cc(C(=O)OCC#N)c(Cl)cc1Cl. The zero-order valence-electron chi connectivity index (χ0n) is 11.9. The number of esters is 1. The van der Waals surface area contributed by atoms with Gasteiger partial charge in [0.15, 0.2) is 6.61 Å². The van der Waals surface area contributed by atoms with Crippen LogP contribution in [0, 0.1) is 17.2 Å². The van der Waals surface area contributed by atoms with Gasteiger partial charge >= 0.3 is 5.97 Å². The molecule has 0 aliphatic rings. The van der Waals surface area contributed by atoms with Crippen LogP contribution in [-0.2, 0) is 14.8 Å². The number of hydrogen-bond donors (Lipinski definition) is 1. The molecule has 0 heterocycles. The molecule has 0 aliphatic carbocycles. The summed E-state index contributed by atoms with van der Waals surface area (Å²) in [5.41, 5.74) is -0.175. The number of hydrogen-bond acceptors (Lipinski definition) is 5. The Labute approximate surface area is 139 Å². The number of carbonyl (C=O) groups is 1. The van der Waals surface area contributed by atoms with Crippen molar-refractivity contribution >= 4 is 39.2 Å². The van der Waals surface area contributed by atoms with E-state index >= 15 is 0 Å². The van der Waals surface area contributed by atoms with Gasteiger partial charge in [-0.05, 0) is 18.1 Å². The summed E-state index contributed by atoms with van der Waals surface area (Å²) in [7, 11) is -3.89. The molecule has 0 saturated heterocycles. The Morgan fingerprint density at radius 2 is 2.00 bits per heavy atom. The van der Waals surface area contributed by atoms with E-state index in [0.29, 0.717) is 0 Å². The Bertz CT molecular complexity index is 711. The number of halogens is 2. The third kappa shape index (κ3) is 4.85. The second kappa shape index (κ2) is 7.79. The highest BCUT2D eigenvalue weighted by atomic mass is 35.5. The smallest absolute Gasteiger partial charge is 0.340 e. The van der Waals surface area contributed by atoms with E-state index in [2.05, 4.69) is 9.46 Å². The molecule has 0 radical (unpaired) electrons. The number of rotatable bonds is 6. The van der Waals surface area contributed by atoms with Gasteiger partial charge < -0.3 is 4.74 Å². The Morgan fingerprint density at radius 3 is 2.55 bits per heavy atom. The van der Waals surface area contributed by atoms with Crippen LogP contribution in [0.4, 0.5) is 0 Å². The maximum absolute atomic E-state index is 12.2. The first-order chi connectivity index (χ1) is 10.2. The van der Waals surface area contributed by atoms with Crippen LogP contribution in [0.2, 0.25) is 10.0 Å². The van der Waals surface area contributed by atoms with Gasteiger partial charge in [0, 0.05) is 6.54 Å². The molecule has 1 rings (SSSR count). The molecule has 0 atom stereocenters. The molecular weight excluding hydrogens is 351 g/mol. The molecule has 0 amide bonds. The largest absolute Gasteiger partial charge is 0.447 e. The van der Waals surface area contributed by atoms with Gasteiger partial charge in [-0.2, -0.15) is 5.26 Å². The Kier molecular flexibility index (Phi) is 6.63. The third-order valence-electron chi connectivity index (χ3n) is 2.48. The number of ether oxygens (including phenoxy) is 1. The van der Waals surface area contributed by atoms with Gasteiger partial charge in [-0.3, -0.25) is 0 Å². The number of nitrogens with one attached hydrogen (secondary N) is 1. The average molecular weight is 365 g/mol. The molecular formula is C13H14Cl2N2O4S. The molecule has 1 N–H and O–H groups in total. The average Bonchev–Trinajstić information content (AvgIpc) is 2.42. The summed E-state index contributed by atoms with van der Waals surface area (Å²) in [6.45, 7) is 3.44. The summed E-state index contributed by atoms with van der Waals surface area (Å²) in [4.78, 5) is 11.5. The highest BCUT2D eigenvalue weighted by Gasteiger charge is 2.23. The van der Waals surface area contributed by atoms with Gasteiger partial charge in [-0.15, -0.1) is 0 Å². The van der Waals surface area contributed by atoms with Crippen molar-refractivity contribution in [3.05, 3.63) is 27.7 Å². The van der Waals surface area contributed by atoms with E-state index in [4.69, 9.17) is 28.5 Å². The minimum atomic E-state index is -3.89. The van der Waals surface area contributed by atoms with Crippen LogP contribution in [-0.4, -0.2) is 27.5 Å². The second-order valence-electron chi connectivity index (χ2n) is 4.74. The predicted octanol–water partition coefficient (Wildman–Crippen LogP) is 2.61. The Balaban J connectivity index is 3.21. The maximum Gasteiger partial charge on any atom is 0.340 e. The van der Waals surface area contributed by atoms with Crippen LogP contribution in [0.25, 0.3) is 0 Å². The highest BCUT2D eigenvalue weighted by Crippen LogP contribution is 2.29. The van der Waals surface area contributed by atoms with E-state index in [1.54, 1.807) is 6.07 Å². The molecule has 0 spiro atoms. The first-order valence-electron chi connectivity index (χ1n) is 6.21. The molecule has 22 heavy (non-hydrogen) atoms. The molecule has 0 unspecified atom stereocenters. The molecule has 0 saturated carbocycles. The van der Waals surface area contributed by atoms with Gasteiger partial charge in [0.2, 0.25) is 10.0 Å². The van der Waals surface area contributed by atoms with Crippen molar-refractivity contribution in [2.45, 2.75) is 18.7 Å².